The van der Waals surface area contributed by atoms with Crippen LogP contribution in [-0.2, 0) is 0 Å². The molecule has 3 aromatic carbocycles. The van der Waals surface area contributed by atoms with Gasteiger partial charge in [0.05, 0.1) is 35.1 Å². The van der Waals surface area contributed by atoms with Crippen LogP contribution in [0.3, 0.4) is 0 Å². The van der Waals surface area contributed by atoms with Crippen molar-refractivity contribution in [3.8, 4) is 22.7 Å². The number of halogens is 1. The number of methoxy groups -OCH3 is 1. The number of hydrogen-bond donors (Lipinski definition) is 1. The molecule has 4 nitrogen and oxygen atoms in total. The SMILES string of the molecule is COc1ccc(-c2cc(C(=O)NC(C)c3ccccc3)c(C)n2-c2ccccc2Cl)cc1. The van der Waals surface area contributed by atoms with Gasteiger partial charge in [-0.2, -0.15) is 0 Å². The van der Waals surface area contributed by atoms with Crippen LogP contribution in [-0.4, -0.2) is 17.6 Å². The second-order valence-corrected chi connectivity index (χ2v) is 8.06. The lowest BCUT2D eigenvalue weighted by Crippen LogP contribution is -2.27. The summed E-state index contributed by atoms with van der Waals surface area (Å²) in [6, 6.07) is 27.2. The van der Waals surface area contributed by atoms with Crippen molar-refractivity contribution >= 4 is 17.5 Å². The van der Waals surface area contributed by atoms with E-state index in [9.17, 15) is 4.79 Å². The number of para-hydroxylation sites is 1. The molecule has 1 amide bonds. The normalized spacial score (nSPS) is 11.8. The fraction of sp³-hybridized carbons (Fsp3) is 0.148. The molecule has 1 aromatic heterocycles. The molecule has 1 atom stereocenters. The van der Waals surface area contributed by atoms with Gasteiger partial charge in [-0.15, -0.1) is 0 Å². The first-order chi connectivity index (χ1) is 15.5. The number of carbonyl (C=O) groups is 1. The number of aromatic nitrogens is 1. The zero-order valence-corrected chi connectivity index (χ0v) is 19.1. The first-order valence-electron chi connectivity index (χ1n) is 10.5. The van der Waals surface area contributed by atoms with Gasteiger partial charge in [-0.1, -0.05) is 54.1 Å². The van der Waals surface area contributed by atoms with Gasteiger partial charge in [-0.05, 0) is 67.4 Å². The van der Waals surface area contributed by atoms with Crippen molar-refractivity contribution in [2.45, 2.75) is 19.9 Å². The van der Waals surface area contributed by atoms with Crippen molar-refractivity contribution in [1.82, 2.24) is 9.88 Å². The Morgan fingerprint density at radius 3 is 2.28 bits per heavy atom. The topological polar surface area (TPSA) is 43.3 Å². The summed E-state index contributed by atoms with van der Waals surface area (Å²) in [5.41, 5.74) is 5.16. The van der Waals surface area contributed by atoms with Crippen molar-refractivity contribution < 1.29 is 9.53 Å². The molecule has 4 aromatic rings. The second kappa shape index (κ2) is 9.33. The highest BCUT2D eigenvalue weighted by Gasteiger charge is 2.22. The Morgan fingerprint density at radius 1 is 0.969 bits per heavy atom. The van der Waals surface area contributed by atoms with E-state index in [-0.39, 0.29) is 11.9 Å². The molecule has 4 rings (SSSR count). The molecule has 0 aliphatic carbocycles. The van der Waals surface area contributed by atoms with Gasteiger partial charge in [-0.25, -0.2) is 0 Å². The van der Waals surface area contributed by atoms with Crippen LogP contribution in [0.4, 0.5) is 0 Å². The smallest absolute Gasteiger partial charge is 0.253 e. The molecule has 5 heteroatoms. The predicted octanol–water partition coefficient (Wildman–Crippen LogP) is 6.61. The maximum absolute atomic E-state index is 13.3. The Balaban J connectivity index is 1.78. The first-order valence-corrected chi connectivity index (χ1v) is 10.8. The summed E-state index contributed by atoms with van der Waals surface area (Å²) in [5.74, 6) is 0.649. The third-order valence-electron chi connectivity index (χ3n) is 5.62. The molecule has 162 valence electrons. The molecule has 0 saturated carbocycles. The highest BCUT2D eigenvalue weighted by molar-refractivity contribution is 6.32. The van der Waals surface area contributed by atoms with Crippen LogP contribution in [0.2, 0.25) is 5.02 Å². The maximum Gasteiger partial charge on any atom is 0.253 e. The Kier molecular flexibility index (Phi) is 6.33. The largest absolute Gasteiger partial charge is 0.497 e. The van der Waals surface area contributed by atoms with Crippen molar-refractivity contribution in [2.75, 3.05) is 7.11 Å². The lowest BCUT2D eigenvalue weighted by atomic mass is 10.1. The quantitative estimate of drug-likeness (QED) is 0.363. The summed E-state index contributed by atoms with van der Waals surface area (Å²) < 4.78 is 7.33. The highest BCUT2D eigenvalue weighted by Crippen LogP contribution is 2.33. The van der Waals surface area contributed by atoms with Crippen LogP contribution in [0.15, 0.2) is 84.9 Å². The zero-order valence-electron chi connectivity index (χ0n) is 18.3. The molecule has 0 bridgehead atoms. The average molecular weight is 445 g/mol. The second-order valence-electron chi connectivity index (χ2n) is 7.65. The maximum atomic E-state index is 13.3. The molecule has 0 aliphatic heterocycles. The standard InChI is InChI=1S/C27H25ClN2O2/c1-18(20-9-5-4-6-10-20)29-27(31)23-17-26(21-13-15-22(32-3)16-14-21)30(19(23)2)25-12-8-7-11-24(25)28/h4-18H,1-3H3,(H,29,31). The Labute approximate surface area is 193 Å². The molecule has 1 N–H and O–H groups in total. The molecular weight excluding hydrogens is 420 g/mol. The molecule has 1 heterocycles. The fourth-order valence-electron chi connectivity index (χ4n) is 3.85. The van der Waals surface area contributed by atoms with Gasteiger partial charge in [0.2, 0.25) is 0 Å². The molecule has 0 fully saturated rings. The number of nitrogens with one attached hydrogen (secondary N) is 1. The summed E-state index contributed by atoms with van der Waals surface area (Å²) in [4.78, 5) is 13.3. The van der Waals surface area contributed by atoms with E-state index in [0.29, 0.717) is 10.6 Å². The molecule has 1 unspecified atom stereocenters. The molecule has 32 heavy (non-hydrogen) atoms. The van der Waals surface area contributed by atoms with Crippen molar-refractivity contribution in [1.29, 1.82) is 0 Å². The Morgan fingerprint density at radius 2 is 1.62 bits per heavy atom. The van der Waals surface area contributed by atoms with Crippen molar-refractivity contribution in [3.63, 3.8) is 0 Å². The number of nitrogens with zero attached hydrogens (tertiary/aromatic N) is 1. The van der Waals surface area contributed by atoms with E-state index >= 15 is 0 Å². The van der Waals surface area contributed by atoms with Gasteiger partial charge in [0.1, 0.15) is 5.75 Å². The number of carbonyl (C=O) groups excluding carboxylic acids is 1. The van der Waals surface area contributed by atoms with Crippen LogP contribution >= 0.6 is 11.6 Å². The molecule has 0 spiro atoms. The van der Waals surface area contributed by atoms with Crippen LogP contribution in [0.5, 0.6) is 5.75 Å². The summed E-state index contributed by atoms with van der Waals surface area (Å²) in [5, 5.41) is 3.74. The van der Waals surface area contributed by atoms with Gasteiger partial charge in [0.15, 0.2) is 0 Å². The van der Waals surface area contributed by atoms with E-state index in [1.807, 2.05) is 103 Å². The van der Waals surface area contributed by atoms with E-state index in [0.717, 1.165) is 34.0 Å². The molecule has 0 aliphatic rings. The van der Waals surface area contributed by atoms with Crippen molar-refractivity contribution in [3.05, 3.63) is 107 Å². The number of ether oxygens (including phenoxy) is 1. The van der Waals surface area contributed by atoms with Gasteiger partial charge in [-0.3, -0.25) is 4.79 Å². The number of amides is 1. The Hall–Kier alpha value is -3.50. The van der Waals surface area contributed by atoms with E-state index in [4.69, 9.17) is 16.3 Å². The van der Waals surface area contributed by atoms with E-state index in [2.05, 4.69) is 5.32 Å². The fourth-order valence-corrected chi connectivity index (χ4v) is 4.07. The monoisotopic (exact) mass is 444 g/mol. The summed E-state index contributed by atoms with van der Waals surface area (Å²) in [7, 11) is 1.64. The minimum absolute atomic E-state index is 0.115. The molecular formula is C27H25ClN2O2. The van der Waals surface area contributed by atoms with Crippen LogP contribution in [0, 0.1) is 6.92 Å². The summed E-state index contributed by atoms with van der Waals surface area (Å²) in [6.07, 6.45) is 0. The average Bonchev–Trinajstić information content (AvgIpc) is 3.17. The van der Waals surface area contributed by atoms with E-state index in [1.54, 1.807) is 7.11 Å². The minimum Gasteiger partial charge on any atom is -0.497 e. The third-order valence-corrected chi connectivity index (χ3v) is 5.94. The third kappa shape index (κ3) is 4.27. The first kappa shape index (κ1) is 21.7. The Bertz CT molecular complexity index is 1230. The summed E-state index contributed by atoms with van der Waals surface area (Å²) >= 11 is 6.55. The van der Waals surface area contributed by atoms with E-state index in [1.165, 1.54) is 0 Å². The highest BCUT2D eigenvalue weighted by atomic mass is 35.5. The zero-order chi connectivity index (χ0) is 22.7. The summed E-state index contributed by atoms with van der Waals surface area (Å²) in [6.45, 7) is 3.93. The lowest BCUT2D eigenvalue weighted by molar-refractivity contribution is 0.0939. The number of hydrogen-bond acceptors (Lipinski definition) is 2. The number of benzene rings is 3. The molecule has 0 radical (unpaired) electrons. The van der Waals surface area contributed by atoms with Gasteiger partial charge in [0, 0.05) is 5.69 Å². The van der Waals surface area contributed by atoms with Crippen LogP contribution in [0.1, 0.15) is 34.6 Å². The van der Waals surface area contributed by atoms with Crippen molar-refractivity contribution in [2.24, 2.45) is 0 Å². The van der Waals surface area contributed by atoms with Gasteiger partial charge in [0.25, 0.3) is 5.91 Å². The predicted molar refractivity (Wildman–Crippen MR) is 130 cm³/mol. The van der Waals surface area contributed by atoms with Gasteiger partial charge < -0.3 is 14.6 Å². The number of rotatable bonds is 6. The molecule has 0 saturated heterocycles. The van der Waals surface area contributed by atoms with Crippen LogP contribution in [0.25, 0.3) is 16.9 Å². The lowest BCUT2D eigenvalue weighted by Gasteiger charge is -2.15. The van der Waals surface area contributed by atoms with Gasteiger partial charge >= 0.3 is 0 Å². The minimum atomic E-state index is -0.126. The van der Waals surface area contributed by atoms with Crippen LogP contribution < -0.4 is 10.1 Å². The van der Waals surface area contributed by atoms with E-state index < -0.39 is 0 Å².